The second-order valence-corrected chi connectivity index (χ2v) is 4.32. The van der Waals surface area contributed by atoms with Gasteiger partial charge in [0, 0.05) is 6.20 Å². The number of aromatic nitrogens is 4. The number of hydrogen-bond donors (Lipinski definition) is 1. The van der Waals surface area contributed by atoms with Crippen LogP contribution in [0.25, 0.3) is 17.0 Å². The highest BCUT2D eigenvalue weighted by Gasteiger charge is 2.08. The first-order valence-corrected chi connectivity index (χ1v) is 5.68. The van der Waals surface area contributed by atoms with Gasteiger partial charge in [0.25, 0.3) is 0 Å². The van der Waals surface area contributed by atoms with Crippen molar-refractivity contribution in [2.45, 2.75) is 13.8 Å². The second-order valence-electron chi connectivity index (χ2n) is 4.32. The Kier molecular flexibility index (Phi) is 2.26. The number of aryl methyl sites for hydroxylation is 2. The fourth-order valence-electron chi connectivity index (χ4n) is 1.90. The van der Waals surface area contributed by atoms with Gasteiger partial charge in [-0.2, -0.15) is 4.98 Å². The smallest absolute Gasteiger partial charge is 0.237 e. The maximum atomic E-state index is 5.68. The van der Waals surface area contributed by atoms with Crippen LogP contribution in [0.4, 0.5) is 5.82 Å². The van der Waals surface area contributed by atoms with Gasteiger partial charge in [-0.3, -0.25) is 4.57 Å². The van der Waals surface area contributed by atoms with E-state index in [1.807, 2.05) is 4.57 Å². The maximum Gasteiger partial charge on any atom is 0.237 e. The molecule has 0 amide bonds. The van der Waals surface area contributed by atoms with Crippen molar-refractivity contribution in [2.24, 2.45) is 0 Å². The molecule has 0 fully saturated rings. The van der Waals surface area contributed by atoms with Gasteiger partial charge < -0.3 is 5.73 Å². The summed E-state index contributed by atoms with van der Waals surface area (Å²) in [4.78, 5) is 12.8. The lowest BCUT2D eigenvalue weighted by atomic mass is 10.1. The van der Waals surface area contributed by atoms with Crippen LogP contribution in [0.2, 0.25) is 0 Å². The lowest BCUT2D eigenvalue weighted by Crippen LogP contribution is -2.02. The Hall–Kier alpha value is -2.43. The molecule has 0 atom stereocenters. The number of nitrogens with two attached hydrogens (primary N) is 1. The molecule has 0 saturated carbocycles. The van der Waals surface area contributed by atoms with E-state index >= 15 is 0 Å². The number of imidazole rings is 1. The first-order valence-electron chi connectivity index (χ1n) is 5.68. The summed E-state index contributed by atoms with van der Waals surface area (Å²) in [5.41, 5.74) is 10.0. The molecule has 18 heavy (non-hydrogen) atoms. The molecule has 5 heteroatoms. The summed E-state index contributed by atoms with van der Waals surface area (Å²) < 4.78 is 1.85. The third kappa shape index (κ3) is 1.60. The fraction of sp³-hybridized carbons (Fsp3) is 0.154. The SMILES string of the molecule is Cc1cc2ncn(-c3nccc(N)n3)c2cc1C. The zero-order chi connectivity index (χ0) is 12.7. The molecule has 5 nitrogen and oxygen atoms in total. The molecule has 0 aliphatic heterocycles. The topological polar surface area (TPSA) is 69.6 Å². The normalized spacial score (nSPS) is 11.0. The van der Waals surface area contributed by atoms with Gasteiger partial charge in [0.1, 0.15) is 12.1 Å². The summed E-state index contributed by atoms with van der Waals surface area (Å²) in [6.07, 6.45) is 3.36. The van der Waals surface area contributed by atoms with Crippen LogP contribution in [-0.4, -0.2) is 19.5 Å². The first kappa shape index (κ1) is 10.7. The average Bonchev–Trinajstić information content (AvgIpc) is 2.73. The van der Waals surface area contributed by atoms with Crippen molar-refractivity contribution < 1.29 is 0 Å². The van der Waals surface area contributed by atoms with Crippen molar-refractivity contribution in [3.63, 3.8) is 0 Å². The highest BCUT2D eigenvalue weighted by molar-refractivity contribution is 5.78. The first-order chi connectivity index (χ1) is 8.65. The van der Waals surface area contributed by atoms with Crippen LogP contribution >= 0.6 is 0 Å². The molecule has 0 aliphatic carbocycles. The van der Waals surface area contributed by atoms with Crippen molar-refractivity contribution >= 4 is 16.9 Å². The summed E-state index contributed by atoms with van der Waals surface area (Å²) in [5.74, 6) is 0.992. The molecule has 1 aromatic carbocycles. The van der Waals surface area contributed by atoms with Gasteiger partial charge in [-0.05, 0) is 43.2 Å². The lowest BCUT2D eigenvalue weighted by molar-refractivity contribution is 0.952. The molecule has 0 spiro atoms. The maximum absolute atomic E-state index is 5.68. The van der Waals surface area contributed by atoms with E-state index in [-0.39, 0.29) is 0 Å². The van der Waals surface area contributed by atoms with E-state index in [2.05, 4.69) is 40.9 Å². The van der Waals surface area contributed by atoms with Crippen LogP contribution in [-0.2, 0) is 0 Å². The molecule has 0 aliphatic rings. The number of nitrogens with zero attached hydrogens (tertiary/aromatic N) is 4. The third-order valence-corrected chi connectivity index (χ3v) is 3.04. The highest BCUT2D eigenvalue weighted by Crippen LogP contribution is 2.20. The zero-order valence-electron chi connectivity index (χ0n) is 10.3. The predicted octanol–water partition coefficient (Wildman–Crippen LogP) is 2.01. The minimum Gasteiger partial charge on any atom is -0.384 e. The van der Waals surface area contributed by atoms with E-state index in [4.69, 9.17) is 5.73 Å². The summed E-state index contributed by atoms with van der Waals surface area (Å²) >= 11 is 0. The fourth-order valence-corrected chi connectivity index (χ4v) is 1.90. The minimum absolute atomic E-state index is 0.450. The summed E-state index contributed by atoms with van der Waals surface area (Å²) in [7, 11) is 0. The number of anilines is 1. The number of rotatable bonds is 1. The molecule has 2 aromatic heterocycles. The van der Waals surface area contributed by atoms with Gasteiger partial charge >= 0.3 is 0 Å². The quantitative estimate of drug-likeness (QED) is 0.705. The highest BCUT2D eigenvalue weighted by atomic mass is 15.2. The number of fused-ring (bicyclic) bond motifs is 1. The summed E-state index contributed by atoms with van der Waals surface area (Å²) in [5, 5.41) is 0. The van der Waals surface area contributed by atoms with Crippen molar-refractivity contribution in [1.82, 2.24) is 19.5 Å². The van der Waals surface area contributed by atoms with Gasteiger partial charge in [-0.25, -0.2) is 9.97 Å². The molecule has 2 heterocycles. The molecule has 3 aromatic rings. The molecule has 90 valence electrons. The zero-order valence-corrected chi connectivity index (χ0v) is 10.3. The van der Waals surface area contributed by atoms with Crippen LogP contribution in [0.3, 0.4) is 0 Å². The predicted molar refractivity (Wildman–Crippen MR) is 70.5 cm³/mol. The van der Waals surface area contributed by atoms with E-state index in [9.17, 15) is 0 Å². The molecule has 0 unspecified atom stereocenters. The Morgan fingerprint density at radius 3 is 2.67 bits per heavy atom. The molecule has 0 radical (unpaired) electrons. The van der Waals surface area contributed by atoms with Gasteiger partial charge in [-0.15, -0.1) is 0 Å². The second kappa shape index (κ2) is 3.80. The molecule has 0 bridgehead atoms. The Morgan fingerprint density at radius 1 is 1.11 bits per heavy atom. The number of hydrogen-bond acceptors (Lipinski definition) is 4. The van der Waals surface area contributed by atoms with Crippen LogP contribution in [0, 0.1) is 13.8 Å². The standard InChI is InChI=1S/C13H13N5/c1-8-5-10-11(6-9(8)2)18(7-16-10)13-15-4-3-12(14)17-13/h3-7H,1-2H3,(H2,14,15,17). The molecular weight excluding hydrogens is 226 g/mol. The van der Waals surface area contributed by atoms with Crippen LogP contribution in [0.5, 0.6) is 0 Å². The Morgan fingerprint density at radius 2 is 1.89 bits per heavy atom. The third-order valence-electron chi connectivity index (χ3n) is 3.04. The molecule has 3 rings (SSSR count). The van der Waals surface area contributed by atoms with Crippen LogP contribution in [0.1, 0.15) is 11.1 Å². The molecule has 2 N–H and O–H groups in total. The molecule has 0 saturated heterocycles. The monoisotopic (exact) mass is 239 g/mol. The largest absolute Gasteiger partial charge is 0.384 e. The number of benzene rings is 1. The van der Waals surface area contributed by atoms with Crippen LogP contribution < -0.4 is 5.73 Å². The Balaban J connectivity index is 2.27. The van der Waals surface area contributed by atoms with Crippen molar-refractivity contribution in [1.29, 1.82) is 0 Å². The van der Waals surface area contributed by atoms with Gasteiger partial charge in [0.2, 0.25) is 5.95 Å². The average molecular weight is 239 g/mol. The van der Waals surface area contributed by atoms with Crippen molar-refractivity contribution in [3.05, 3.63) is 41.9 Å². The summed E-state index contributed by atoms with van der Waals surface area (Å²) in [6.45, 7) is 4.15. The van der Waals surface area contributed by atoms with E-state index < -0.39 is 0 Å². The van der Waals surface area contributed by atoms with E-state index in [0.717, 1.165) is 11.0 Å². The Bertz CT molecular complexity index is 729. The van der Waals surface area contributed by atoms with E-state index in [1.165, 1.54) is 11.1 Å². The van der Waals surface area contributed by atoms with Gasteiger partial charge in [0.15, 0.2) is 0 Å². The van der Waals surface area contributed by atoms with Crippen molar-refractivity contribution in [3.8, 4) is 5.95 Å². The van der Waals surface area contributed by atoms with E-state index in [0.29, 0.717) is 11.8 Å². The van der Waals surface area contributed by atoms with Crippen molar-refractivity contribution in [2.75, 3.05) is 5.73 Å². The molecular formula is C13H13N5. The van der Waals surface area contributed by atoms with Crippen LogP contribution in [0.15, 0.2) is 30.7 Å². The number of nitrogen functional groups attached to an aromatic ring is 1. The minimum atomic E-state index is 0.450. The summed E-state index contributed by atoms with van der Waals surface area (Å²) in [6, 6.07) is 5.82. The van der Waals surface area contributed by atoms with Gasteiger partial charge in [-0.1, -0.05) is 0 Å². The van der Waals surface area contributed by atoms with E-state index in [1.54, 1.807) is 18.6 Å². The Labute approximate surface area is 104 Å². The van der Waals surface area contributed by atoms with Gasteiger partial charge in [0.05, 0.1) is 11.0 Å². The lowest BCUT2D eigenvalue weighted by Gasteiger charge is -2.04.